The van der Waals surface area contributed by atoms with E-state index < -0.39 is 0 Å². The summed E-state index contributed by atoms with van der Waals surface area (Å²) >= 11 is 0. The number of carbonyl (C=O) groups excluding carboxylic acids is 2. The van der Waals surface area contributed by atoms with E-state index >= 15 is 0 Å². The maximum absolute atomic E-state index is 11.6. The smallest absolute Gasteiger partial charge is 0.232 e. The second-order valence-corrected chi connectivity index (χ2v) is 4.05. The van der Waals surface area contributed by atoms with Crippen molar-refractivity contribution < 1.29 is 9.59 Å². The van der Waals surface area contributed by atoms with E-state index in [1.807, 2.05) is 20.8 Å². The van der Waals surface area contributed by atoms with Gasteiger partial charge in [0.05, 0.1) is 0 Å². The minimum atomic E-state index is -0.0498. The standard InChI is InChI=1S/C10H17NO2/c1-4-8-5-9(12)11(10(8)13)6-7(2)3/h7-8H,4-6H2,1-3H3. The van der Waals surface area contributed by atoms with Gasteiger partial charge in [-0.25, -0.2) is 0 Å². The SMILES string of the molecule is CCC1CC(=O)N(CC(C)C)C1=O. The van der Waals surface area contributed by atoms with Crippen LogP contribution < -0.4 is 0 Å². The van der Waals surface area contributed by atoms with E-state index in [9.17, 15) is 9.59 Å². The Balaban J connectivity index is 2.65. The number of carbonyl (C=O) groups is 2. The first-order valence-corrected chi connectivity index (χ1v) is 4.90. The summed E-state index contributed by atoms with van der Waals surface area (Å²) < 4.78 is 0. The van der Waals surface area contributed by atoms with Gasteiger partial charge in [0.15, 0.2) is 0 Å². The van der Waals surface area contributed by atoms with E-state index in [-0.39, 0.29) is 17.7 Å². The second kappa shape index (κ2) is 3.90. The van der Waals surface area contributed by atoms with Crippen LogP contribution in [0.5, 0.6) is 0 Å². The molecule has 0 bridgehead atoms. The quantitative estimate of drug-likeness (QED) is 0.621. The van der Waals surface area contributed by atoms with Gasteiger partial charge < -0.3 is 0 Å². The van der Waals surface area contributed by atoms with Crippen molar-refractivity contribution in [3.8, 4) is 0 Å². The average molecular weight is 183 g/mol. The Bertz CT molecular complexity index is 223. The number of imide groups is 1. The summed E-state index contributed by atoms with van der Waals surface area (Å²) in [5.41, 5.74) is 0. The van der Waals surface area contributed by atoms with Gasteiger partial charge in [-0.15, -0.1) is 0 Å². The Morgan fingerprint density at radius 2 is 2.08 bits per heavy atom. The second-order valence-electron chi connectivity index (χ2n) is 4.05. The van der Waals surface area contributed by atoms with Gasteiger partial charge in [0.1, 0.15) is 0 Å². The lowest BCUT2D eigenvalue weighted by molar-refractivity contribution is -0.139. The van der Waals surface area contributed by atoms with Gasteiger partial charge in [-0.3, -0.25) is 14.5 Å². The molecule has 2 amide bonds. The van der Waals surface area contributed by atoms with Gasteiger partial charge in [0, 0.05) is 18.9 Å². The highest BCUT2D eigenvalue weighted by atomic mass is 16.2. The molecule has 0 aromatic heterocycles. The zero-order valence-electron chi connectivity index (χ0n) is 8.54. The lowest BCUT2D eigenvalue weighted by Gasteiger charge is -2.16. The molecule has 0 spiro atoms. The van der Waals surface area contributed by atoms with Crippen LogP contribution in [-0.2, 0) is 9.59 Å². The van der Waals surface area contributed by atoms with Crippen LogP contribution in [0.4, 0.5) is 0 Å². The van der Waals surface area contributed by atoms with E-state index in [0.29, 0.717) is 18.9 Å². The summed E-state index contributed by atoms with van der Waals surface area (Å²) in [7, 11) is 0. The van der Waals surface area contributed by atoms with Crippen molar-refractivity contribution in [1.29, 1.82) is 0 Å². The summed E-state index contributed by atoms with van der Waals surface area (Å²) in [6.45, 7) is 6.56. The van der Waals surface area contributed by atoms with Crippen molar-refractivity contribution in [3.63, 3.8) is 0 Å². The Labute approximate surface area is 79.1 Å². The number of amides is 2. The van der Waals surface area contributed by atoms with Crippen LogP contribution in [0.3, 0.4) is 0 Å². The summed E-state index contributed by atoms with van der Waals surface area (Å²) in [5, 5.41) is 0. The molecular formula is C10H17NO2. The molecule has 1 aliphatic heterocycles. The average Bonchev–Trinajstić information content (AvgIpc) is 2.31. The fraction of sp³-hybridized carbons (Fsp3) is 0.800. The molecular weight excluding hydrogens is 166 g/mol. The molecule has 1 unspecified atom stereocenters. The van der Waals surface area contributed by atoms with Crippen LogP contribution in [0.25, 0.3) is 0 Å². The van der Waals surface area contributed by atoms with Crippen LogP contribution >= 0.6 is 0 Å². The maximum atomic E-state index is 11.6. The monoisotopic (exact) mass is 183 g/mol. The first-order chi connectivity index (χ1) is 6.06. The number of nitrogens with zero attached hydrogens (tertiary/aromatic N) is 1. The van der Waals surface area contributed by atoms with Gasteiger partial charge in [0.2, 0.25) is 11.8 Å². The third kappa shape index (κ3) is 2.08. The molecule has 0 aromatic carbocycles. The van der Waals surface area contributed by atoms with Crippen LogP contribution in [0.1, 0.15) is 33.6 Å². The van der Waals surface area contributed by atoms with Crippen LogP contribution in [-0.4, -0.2) is 23.3 Å². The van der Waals surface area contributed by atoms with E-state index in [0.717, 1.165) is 6.42 Å². The molecule has 3 heteroatoms. The molecule has 1 saturated heterocycles. The van der Waals surface area contributed by atoms with Gasteiger partial charge in [-0.2, -0.15) is 0 Å². The van der Waals surface area contributed by atoms with E-state index in [1.54, 1.807) is 0 Å². The summed E-state index contributed by atoms with van der Waals surface area (Å²) in [5.74, 6) is 0.349. The van der Waals surface area contributed by atoms with Gasteiger partial charge in [-0.05, 0) is 12.3 Å². The molecule has 74 valence electrons. The zero-order chi connectivity index (χ0) is 10.0. The Morgan fingerprint density at radius 1 is 1.46 bits per heavy atom. The third-order valence-electron chi connectivity index (χ3n) is 2.38. The molecule has 0 N–H and O–H groups in total. The molecule has 13 heavy (non-hydrogen) atoms. The summed E-state index contributed by atoms with van der Waals surface area (Å²) in [4.78, 5) is 24.4. The minimum Gasteiger partial charge on any atom is -0.282 e. The third-order valence-corrected chi connectivity index (χ3v) is 2.38. The lowest BCUT2D eigenvalue weighted by Crippen LogP contribution is -2.33. The van der Waals surface area contributed by atoms with Gasteiger partial charge in [-0.1, -0.05) is 20.8 Å². The number of hydrogen-bond acceptors (Lipinski definition) is 2. The van der Waals surface area contributed by atoms with E-state index in [2.05, 4.69) is 0 Å². The minimum absolute atomic E-state index is 0.00514. The van der Waals surface area contributed by atoms with Crippen molar-refractivity contribution in [2.75, 3.05) is 6.54 Å². The molecule has 1 fully saturated rings. The molecule has 1 atom stereocenters. The number of rotatable bonds is 3. The zero-order valence-corrected chi connectivity index (χ0v) is 8.54. The first kappa shape index (κ1) is 10.2. The molecule has 1 rings (SSSR count). The molecule has 1 aliphatic rings. The van der Waals surface area contributed by atoms with E-state index in [4.69, 9.17) is 0 Å². The van der Waals surface area contributed by atoms with E-state index in [1.165, 1.54) is 4.90 Å². The predicted octanol–water partition coefficient (Wildman–Crippen LogP) is 1.43. The molecule has 1 heterocycles. The number of likely N-dealkylation sites (tertiary alicyclic amines) is 1. The Kier molecular flexibility index (Phi) is 3.07. The maximum Gasteiger partial charge on any atom is 0.232 e. The molecule has 0 radical (unpaired) electrons. The van der Waals surface area contributed by atoms with Crippen molar-refractivity contribution in [2.24, 2.45) is 11.8 Å². The predicted molar refractivity (Wildman–Crippen MR) is 50.0 cm³/mol. The largest absolute Gasteiger partial charge is 0.282 e. The number of hydrogen-bond donors (Lipinski definition) is 0. The van der Waals surface area contributed by atoms with Crippen LogP contribution in [0.2, 0.25) is 0 Å². The van der Waals surface area contributed by atoms with Gasteiger partial charge >= 0.3 is 0 Å². The fourth-order valence-electron chi connectivity index (χ4n) is 1.63. The topological polar surface area (TPSA) is 37.4 Å². The Hall–Kier alpha value is -0.860. The van der Waals surface area contributed by atoms with Crippen LogP contribution in [0, 0.1) is 11.8 Å². The molecule has 0 saturated carbocycles. The van der Waals surface area contributed by atoms with Crippen LogP contribution in [0.15, 0.2) is 0 Å². The highest BCUT2D eigenvalue weighted by Gasteiger charge is 2.37. The van der Waals surface area contributed by atoms with Crippen molar-refractivity contribution in [3.05, 3.63) is 0 Å². The molecule has 3 nitrogen and oxygen atoms in total. The van der Waals surface area contributed by atoms with Gasteiger partial charge in [0.25, 0.3) is 0 Å². The normalized spacial score (nSPS) is 23.4. The molecule has 0 aromatic rings. The van der Waals surface area contributed by atoms with Crippen molar-refractivity contribution in [1.82, 2.24) is 4.90 Å². The Morgan fingerprint density at radius 3 is 2.46 bits per heavy atom. The molecule has 0 aliphatic carbocycles. The highest BCUT2D eigenvalue weighted by molar-refractivity contribution is 6.03. The van der Waals surface area contributed by atoms with Crippen molar-refractivity contribution in [2.45, 2.75) is 33.6 Å². The fourth-order valence-corrected chi connectivity index (χ4v) is 1.63. The summed E-state index contributed by atoms with van der Waals surface area (Å²) in [6.07, 6.45) is 1.20. The van der Waals surface area contributed by atoms with Crippen molar-refractivity contribution >= 4 is 11.8 Å². The first-order valence-electron chi connectivity index (χ1n) is 4.90. The summed E-state index contributed by atoms with van der Waals surface area (Å²) in [6, 6.07) is 0. The highest BCUT2D eigenvalue weighted by Crippen LogP contribution is 2.22. The lowest BCUT2D eigenvalue weighted by atomic mass is 10.1.